The zero-order valence-corrected chi connectivity index (χ0v) is 33.0. The van der Waals surface area contributed by atoms with Crippen molar-refractivity contribution in [2.45, 2.75) is 122 Å². The lowest BCUT2D eigenvalue weighted by atomic mass is 9.85. The highest BCUT2D eigenvalue weighted by atomic mass is 31.2. The van der Waals surface area contributed by atoms with Crippen LogP contribution in [0.1, 0.15) is 97.0 Å². The second kappa shape index (κ2) is 21.9. The lowest BCUT2D eigenvalue weighted by Gasteiger charge is -2.34. The molecule has 14 nitrogen and oxygen atoms in total. The van der Waals surface area contributed by atoms with Crippen molar-refractivity contribution in [3.63, 3.8) is 0 Å². The smallest absolute Gasteiger partial charge is 0.243 e. The maximum Gasteiger partial charge on any atom is 0.243 e. The van der Waals surface area contributed by atoms with Gasteiger partial charge in [0.2, 0.25) is 25.1 Å². The molecule has 2 aliphatic carbocycles. The second-order valence-corrected chi connectivity index (χ2v) is 17.9. The fourth-order valence-corrected chi connectivity index (χ4v) is 8.98. The van der Waals surface area contributed by atoms with Crippen LogP contribution in [0.25, 0.3) is 11.0 Å². The van der Waals surface area contributed by atoms with Crippen molar-refractivity contribution in [2.24, 2.45) is 17.8 Å². The minimum absolute atomic E-state index is 0. The molecule has 300 valence electrons. The van der Waals surface area contributed by atoms with E-state index in [2.05, 4.69) is 26.3 Å². The summed E-state index contributed by atoms with van der Waals surface area (Å²) < 4.78 is 18.7. The maximum atomic E-state index is 13.8. The summed E-state index contributed by atoms with van der Waals surface area (Å²) in [6.45, 7) is 5.65. The van der Waals surface area contributed by atoms with Gasteiger partial charge < -0.3 is 36.3 Å². The fourth-order valence-electron chi connectivity index (χ4n) is 7.39. The number of nitrogens with one attached hydrogen (secondary N) is 3. The van der Waals surface area contributed by atoms with Gasteiger partial charge in [-0.1, -0.05) is 113 Å². The molecule has 3 amide bonds. The van der Waals surface area contributed by atoms with E-state index >= 15 is 0 Å². The number of hydrogen-bond acceptors (Lipinski definition) is 9. The molecule has 0 radical (unpaired) electrons. The number of fused-ring (bicyclic) bond motifs is 1. The molecule has 0 spiro atoms. The minimum Gasteiger partial charge on any atom is -0.412 e. The van der Waals surface area contributed by atoms with Crippen molar-refractivity contribution in [1.29, 1.82) is 0 Å². The lowest BCUT2D eigenvalue weighted by Crippen LogP contribution is -2.57. The molecule has 5 atom stereocenters. The van der Waals surface area contributed by atoms with E-state index < -0.39 is 43.2 Å². The van der Waals surface area contributed by atoms with Crippen LogP contribution in [0.3, 0.4) is 0 Å². The standard InChI is InChI=1S/C33H54N3O6P.C6H5N3O.H2O/c1-5-43(41,42-4)33(40)29(22-25-16-10-7-11-17-25)36-31(38)27(20-23(2)3)35-32(39)28(21-24-14-8-6-9-15-24)34-30(37)26-18-12-13-19-26;10-9-6-4-2-1-3-5(6)7-8-9;/h6,8-9,14-15,23,25-29,33,40H,5,7,10-13,16-22H2,1-4H3,(H,34,37)(H,35,39)(H,36,38);1-4,10H;1H2/t27-,28-,29-,33?,43?;;/m0../s1. The van der Waals surface area contributed by atoms with E-state index in [4.69, 9.17) is 9.73 Å². The number of aliphatic hydroxyl groups is 1. The summed E-state index contributed by atoms with van der Waals surface area (Å²) in [6, 6.07) is 14.2. The van der Waals surface area contributed by atoms with Gasteiger partial charge in [0.1, 0.15) is 23.1 Å². The Bertz CT molecular complexity index is 1640. The monoisotopic (exact) mass is 772 g/mol. The number of hydrogen-bond donors (Lipinski definition) is 5. The van der Waals surface area contributed by atoms with Crippen molar-refractivity contribution in [3.8, 4) is 0 Å². The number of carbonyl (C=O) groups excluding carboxylic acids is 3. The molecule has 2 unspecified atom stereocenters. The number of amides is 3. The first-order valence-electron chi connectivity index (χ1n) is 19.2. The van der Waals surface area contributed by atoms with Crippen molar-refractivity contribution in [1.82, 2.24) is 31.1 Å². The van der Waals surface area contributed by atoms with E-state index in [0.717, 1.165) is 61.8 Å². The van der Waals surface area contributed by atoms with Crippen LogP contribution in [-0.2, 0) is 29.9 Å². The Morgan fingerprint density at radius 2 is 1.50 bits per heavy atom. The van der Waals surface area contributed by atoms with Crippen LogP contribution < -0.4 is 16.0 Å². The third-order valence-corrected chi connectivity index (χ3v) is 13.1. The van der Waals surface area contributed by atoms with Crippen LogP contribution in [0.15, 0.2) is 54.6 Å². The van der Waals surface area contributed by atoms with Gasteiger partial charge in [-0.05, 0) is 60.4 Å². The van der Waals surface area contributed by atoms with Crippen LogP contribution in [0.5, 0.6) is 0 Å². The van der Waals surface area contributed by atoms with E-state index in [1.165, 1.54) is 13.5 Å². The van der Waals surface area contributed by atoms with Gasteiger partial charge in [0, 0.05) is 25.6 Å². The summed E-state index contributed by atoms with van der Waals surface area (Å²) in [5, 5.41) is 36.2. The van der Waals surface area contributed by atoms with Gasteiger partial charge in [-0.3, -0.25) is 18.9 Å². The Labute approximate surface area is 318 Å². The largest absolute Gasteiger partial charge is 0.412 e. The van der Waals surface area contributed by atoms with E-state index in [9.17, 15) is 24.1 Å². The third kappa shape index (κ3) is 12.9. The first-order chi connectivity index (χ1) is 25.4. The molecule has 54 heavy (non-hydrogen) atoms. The van der Waals surface area contributed by atoms with Crippen LogP contribution in [0, 0.1) is 17.8 Å². The number of aromatic nitrogens is 3. The molecule has 0 aliphatic heterocycles. The van der Waals surface area contributed by atoms with Crippen molar-refractivity contribution in [3.05, 3.63) is 60.2 Å². The molecule has 0 saturated heterocycles. The summed E-state index contributed by atoms with van der Waals surface area (Å²) in [4.78, 5) is 41.4. The van der Waals surface area contributed by atoms with Crippen LogP contribution >= 0.6 is 7.37 Å². The molecular formula is C39H61N6O8P. The lowest BCUT2D eigenvalue weighted by molar-refractivity contribution is -0.133. The molecule has 2 fully saturated rings. The number of para-hydroxylation sites is 1. The fraction of sp³-hybridized carbons (Fsp3) is 0.615. The first-order valence-corrected chi connectivity index (χ1v) is 21.1. The molecular weight excluding hydrogens is 711 g/mol. The zero-order valence-electron chi connectivity index (χ0n) is 32.2. The Morgan fingerprint density at radius 3 is 2.11 bits per heavy atom. The molecule has 1 aromatic heterocycles. The van der Waals surface area contributed by atoms with Crippen molar-refractivity contribution >= 4 is 36.1 Å². The molecule has 2 aliphatic rings. The van der Waals surface area contributed by atoms with E-state index in [-0.39, 0.29) is 29.4 Å². The van der Waals surface area contributed by atoms with E-state index in [1.54, 1.807) is 19.1 Å². The topological polar surface area (TPSA) is 216 Å². The molecule has 15 heteroatoms. The van der Waals surface area contributed by atoms with E-state index in [1.807, 2.05) is 56.3 Å². The zero-order chi connectivity index (χ0) is 38.4. The average Bonchev–Trinajstić information content (AvgIpc) is 3.85. The molecule has 5 rings (SSSR count). The Kier molecular flexibility index (Phi) is 18.1. The second-order valence-electron chi connectivity index (χ2n) is 14.9. The average molecular weight is 773 g/mol. The highest BCUT2D eigenvalue weighted by Crippen LogP contribution is 2.51. The van der Waals surface area contributed by atoms with Crippen LogP contribution in [0.4, 0.5) is 0 Å². The van der Waals surface area contributed by atoms with Crippen LogP contribution in [0.2, 0.25) is 0 Å². The summed E-state index contributed by atoms with van der Waals surface area (Å²) in [5.74, 6) is -2.03. The Balaban J connectivity index is 0.000000608. The molecule has 3 aromatic rings. The maximum absolute atomic E-state index is 13.8. The summed E-state index contributed by atoms with van der Waals surface area (Å²) >= 11 is 0. The molecule has 2 saturated carbocycles. The molecule has 0 bridgehead atoms. The number of nitrogens with zero attached hydrogens (tertiary/aromatic N) is 3. The van der Waals surface area contributed by atoms with Gasteiger partial charge >= 0.3 is 0 Å². The van der Waals surface area contributed by atoms with Gasteiger partial charge in [-0.15, -0.1) is 5.10 Å². The first kappa shape index (κ1) is 44.6. The van der Waals surface area contributed by atoms with Crippen molar-refractivity contribution in [2.75, 3.05) is 13.3 Å². The summed E-state index contributed by atoms with van der Waals surface area (Å²) in [6.07, 6.45) is 10.3. The van der Waals surface area contributed by atoms with Gasteiger partial charge in [0.05, 0.1) is 6.04 Å². The van der Waals surface area contributed by atoms with Crippen LogP contribution in [-0.4, -0.2) is 85.9 Å². The third-order valence-electron chi connectivity index (χ3n) is 10.5. The molecule has 1 heterocycles. The highest BCUT2D eigenvalue weighted by Gasteiger charge is 2.40. The normalized spacial score (nSPS) is 18.3. The highest BCUT2D eigenvalue weighted by molar-refractivity contribution is 7.59. The SMILES string of the molecule is CCP(=O)(OC)C(O)[C@H](CC1CCCCC1)NC(=O)[C@H](CC(C)C)NC(=O)[C@H](Cc1ccccc1)NC(=O)C1CCCC1.O.On1nnc2ccccc21. The number of carbonyl (C=O) groups is 3. The van der Waals surface area contributed by atoms with Crippen molar-refractivity contribution < 1.29 is 39.3 Å². The molecule has 2 aromatic carbocycles. The minimum atomic E-state index is -3.41. The van der Waals surface area contributed by atoms with Gasteiger partial charge in [-0.2, -0.15) is 0 Å². The van der Waals surface area contributed by atoms with E-state index in [0.29, 0.717) is 36.2 Å². The predicted octanol–water partition coefficient (Wildman–Crippen LogP) is 5.00. The number of aliphatic hydroxyl groups excluding tert-OH is 1. The molecule has 7 N–H and O–H groups in total. The van der Waals surface area contributed by atoms with Gasteiger partial charge in [0.15, 0.2) is 5.85 Å². The summed E-state index contributed by atoms with van der Waals surface area (Å²) in [7, 11) is -2.08. The number of benzene rings is 2. The Hall–Kier alpha value is -3.84. The predicted molar refractivity (Wildman–Crippen MR) is 208 cm³/mol. The number of rotatable bonds is 16. The quantitative estimate of drug-likeness (QED) is 0.0977. The van der Waals surface area contributed by atoms with Gasteiger partial charge in [0.25, 0.3) is 0 Å². The van der Waals surface area contributed by atoms with Gasteiger partial charge in [-0.25, -0.2) is 0 Å². The summed E-state index contributed by atoms with van der Waals surface area (Å²) in [5.41, 5.74) is 2.23. The Morgan fingerprint density at radius 1 is 0.889 bits per heavy atom.